The van der Waals surface area contributed by atoms with E-state index >= 15 is 0 Å². The molecule has 0 bridgehead atoms. The van der Waals surface area contributed by atoms with Crippen LogP contribution in [-0.4, -0.2) is 18.5 Å². The number of amides is 1. The van der Waals surface area contributed by atoms with Crippen molar-refractivity contribution in [2.75, 3.05) is 6.54 Å². The standard InChI is InChI=1S/C15H20F2N2O/c1-15(2)6-3-7-18-13(15)14(20)19-9-10-4-5-11(16)12(17)8-10/h4-5,8,13,18H,3,6-7,9H2,1-2H3,(H,19,20). The summed E-state index contributed by atoms with van der Waals surface area (Å²) in [6, 6.07) is 3.40. The predicted octanol–water partition coefficient (Wildman–Crippen LogP) is 2.36. The van der Waals surface area contributed by atoms with Crippen LogP contribution in [0.25, 0.3) is 0 Å². The van der Waals surface area contributed by atoms with E-state index < -0.39 is 11.6 Å². The van der Waals surface area contributed by atoms with Crippen LogP contribution in [0.5, 0.6) is 0 Å². The molecule has 2 rings (SSSR count). The second kappa shape index (κ2) is 5.87. The van der Waals surface area contributed by atoms with Gasteiger partial charge in [-0.3, -0.25) is 4.79 Å². The molecular formula is C15H20F2N2O. The van der Waals surface area contributed by atoms with E-state index in [0.717, 1.165) is 31.5 Å². The summed E-state index contributed by atoms with van der Waals surface area (Å²) >= 11 is 0. The first kappa shape index (κ1) is 14.9. The zero-order valence-electron chi connectivity index (χ0n) is 11.8. The molecule has 1 aliphatic heterocycles. The molecule has 1 amide bonds. The molecular weight excluding hydrogens is 262 g/mol. The summed E-state index contributed by atoms with van der Waals surface area (Å²) in [5.41, 5.74) is 0.446. The lowest BCUT2D eigenvalue weighted by Crippen LogP contribution is -2.55. The Morgan fingerprint density at radius 1 is 1.40 bits per heavy atom. The second-order valence-corrected chi connectivity index (χ2v) is 5.95. The maximum absolute atomic E-state index is 13.1. The second-order valence-electron chi connectivity index (χ2n) is 5.95. The fraction of sp³-hybridized carbons (Fsp3) is 0.533. The van der Waals surface area contributed by atoms with Crippen LogP contribution < -0.4 is 10.6 Å². The van der Waals surface area contributed by atoms with Gasteiger partial charge in [-0.05, 0) is 42.5 Å². The fourth-order valence-corrected chi connectivity index (χ4v) is 2.60. The topological polar surface area (TPSA) is 41.1 Å². The minimum atomic E-state index is -0.895. The number of carbonyl (C=O) groups is 1. The van der Waals surface area contributed by atoms with Crippen molar-refractivity contribution in [2.24, 2.45) is 5.41 Å². The summed E-state index contributed by atoms with van der Waals surface area (Å²) in [7, 11) is 0. The number of hydrogen-bond donors (Lipinski definition) is 2. The van der Waals surface area contributed by atoms with Gasteiger partial charge in [0.15, 0.2) is 11.6 Å². The molecule has 1 aromatic rings. The minimum Gasteiger partial charge on any atom is -0.351 e. The highest BCUT2D eigenvalue weighted by atomic mass is 19.2. The molecule has 1 aromatic carbocycles. The van der Waals surface area contributed by atoms with Gasteiger partial charge in [0.2, 0.25) is 5.91 Å². The normalized spacial score (nSPS) is 21.5. The van der Waals surface area contributed by atoms with Gasteiger partial charge < -0.3 is 10.6 Å². The molecule has 0 saturated carbocycles. The number of rotatable bonds is 3. The Bertz CT molecular complexity index is 503. The largest absolute Gasteiger partial charge is 0.351 e. The lowest BCUT2D eigenvalue weighted by atomic mass is 9.77. The van der Waals surface area contributed by atoms with Gasteiger partial charge in [0.05, 0.1) is 6.04 Å². The van der Waals surface area contributed by atoms with Crippen LogP contribution in [0.3, 0.4) is 0 Å². The Labute approximate surface area is 117 Å². The number of halogens is 2. The third kappa shape index (κ3) is 3.33. The van der Waals surface area contributed by atoms with Crippen LogP contribution in [0.4, 0.5) is 8.78 Å². The molecule has 3 nitrogen and oxygen atoms in total. The van der Waals surface area contributed by atoms with Crippen molar-refractivity contribution in [1.82, 2.24) is 10.6 Å². The molecule has 0 aromatic heterocycles. The van der Waals surface area contributed by atoms with Crippen molar-refractivity contribution < 1.29 is 13.6 Å². The molecule has 1 unspecified atom stereocenters. The summed E-state index contributed by atoms with van der Waals surface area (Å²) in [6.07, 6.45) is 2.04. The van der Waals surface area contributed by atoms with Gasteiger partial charge in [0.25, 0.3) is 0 Å². The maximum atomic E-state index is 13.1. The highest BCUT2D eigenvalue weighted by Gasteiger charge is 2.36. The molecule has 110 valence electrons. The van der Waals surface area contributed by atoms with Crippen molar-refractivity contribution in [2.45, 2.75) is 39.3 Å². The molecule has 2 N–H and O–H groups in total. The Kier molecular flexibility index (Phi) is 4.38. The van der Waals surface area contributed by atoms with Gasteiger partial charge in [0.1, 0.15) is 0 Å². The monoisotopic (exact) mass is 282 g/mol. The Morgan fingerprint density at radius 3 is 2.80 bits per heavy atom. The van der Waals surface area contributed by atoms with Gasteiger partial charge in [-0.2, -0.15) is 0 Å². The highest BCUT2D eigenvalue weighted by molar-refractivity contribution is 5.82. The molecule has 20 heavy (non-hydrogen) atoms. The van der Waals surface area contributed by atoms with Crippen molar-refractivity contribution in [3.63, 3.8) is 0 Å². The summed E-state index contributed by atoms with van der Waals surface area (Å²) in [6.45, 7) is 5.14. The van der Waals surface area contributed by atoms with Crippen LogP contribution in [0, 0.1) is 17.0 Å². The Morgan fingerprint density at radius 2 is 2.15 bits per heavy atom. The average Bonchev–Trinajstić information content (AvgIpc) is 2.39. The van der Waals surface area contributed by atoms with E-state index in [2.05, 4.69) is 24.5 Å². The van der Waals surface area contributed by atoms with Gasteiger partial charge in [-0.15, -0.1) is 0 Å². The first-order valence-corrected chi connectivity index (χ1v) is 6.85. The van der Waals surface area contributed by atoms with Crippen molar-refractivity contribution in [1.29, 1.82) is 0 Å². The van der Waals surface area contributed by atoms with Crippen LogP contribution in [-0.2, 0) is 11.3 Å². The zero-order chi connectivity index (χ0) is 14.8. The van der Waals surface area contributed by atoms with Gasteiger partial charge in [-0.1, -0.05) is 19.9 Å². The molecule has 1 fully saturated rings. The molecule has 1 heterocycles. The van der Waals surface area contributed by atoms with E-state index in [1.165, 1.54) is 6.07 Å². The summed E-state index contributed by atoms with van der Waals surface area (Å²) in [5, 5.41) is 6.00. The molecule has 0 radical (unpaired) electrons. The molecule has 1 atom stereocenters. The first-order valence-electron chi connectivity index (χ1n) is 6.85. The van der Waals surface area contributed by atoms with E-state index in [1.54, 1.807) is 0 Å². The van der Waals surface area contributed by atoms with E-state index in [0.29, 0.717) is 5.56 Å². The van der Waals surface area contributed by atoms with Gasteiger partial charge in [-0.25, -0.2) is 8.78 Å². The van der Waals surface area contributed by atoms with Crippen molar-refractivity contribution in [3.8, 4) is 0 Å². The minimum absolute atomic E-state index is 0.0977. The predicted molar refractivity (Wildman–Crippen MR) is 73.0 cm³/mol. The van der Waals surface area contributed by atoms with Crippen LogP contribution in [0.2, 0.25) is 0 Å². The smallest absolute Gasteiger partial charge is 0.237 e. The molecule has 1 saturated heterocycles. The number of carbonyl (C=O) groups excluding carboxylic acids is 1. The van der Waals surface area contributed by atoms with Gasteiger partial charge in [0, 0.05) is 6.54 Å². The maximum Gasteiger partial charge on any atom is 0.237 e. The third-order valence-corrected chi connectivity index (χ3v) is 3.84. The van der Waals surface area contributed by atoms with E-state index in [1.807, 2.05) is 0 Å². The summed E-state index contributed by atoms with van der Waals surface area (Å²) < 4.78 is 25.9. The van der Waals surface area contributed by atoms with Crippen molar-refractivity contribution in [3.05, 3.63) is 35.4 Å². The SMILES string of the molecule is CC1(C)CCCNC1C(=O)NCc1ccc(F)c(F)c1. The lowest BCUT2D eigenvalue weighted by molar-refractivity contribution is -0.126. The zero-order valence-corrected chi connectivity index (χ0v) is 11.8. The first-order chi connectivity index (χ1) is 9.40. The quantitative estimate of drug-likeness (QED) is 0.893. The molecule has 1 aliphatic rings. The van der Waals surface area contributed by atoms with Crippen LogP contribution in [0.1, 0.15) is 32.3 Å². The summed E-state index contributed by atoms with van der Waals surface area (Å²) in [5.74, 6) is -1.87. The molecule has 5 heteroatoms. The molecule has 0 spiro atoms. The average molecular weight is 282 g/mol. The van der Waals surface area contributed by atoms with E-state index in [-0.39, 0.29) is 23.9 Å². The highest BCUT2D eigenvalue weighted by Crippen LogP contribution is 2.30. The number of benzene rings is 1. The third-order valence-electron chi connectivity index (χ3n) is 3.84. The number of piperidine rings is 1. The molecule has 0 aliphatic carbocycles. The Hall–Kier alpha value is -1.49. The van der Waals surface area contributed by atoms with Crippen molar-refractivity contribution >= 4 is 5.91 Å². The van der Waals surface area contributed by atoms with E-state index in [4.69, 9.17) is 0 Å². The lowest BCUT2D eigenvalue weighted by Gasteiger charge is -2.38. The Balaban J connectivity index is 1.96. The van der Waals surface area contributed by atoms with Gasteiger partial charge >= 0.3 is 0 Å². The number of nitrogens with one attached hydrogen (secondary N) is 2. The van der Waals surface area contributed by atoms with Crippen LogP contribution in [0.15, 0.2) is 18.2 Å². The van der Waals surface area contributed by atoms with Crippen LogP contribution >= 0.6 is 0 Å². The summed E-state index contributed by atoms with van der Waals surface area (Å²) in [4.78, 5) is 12.2. The number of hydrogen-bond acceptors (Lipinski definition) is 2. The van der Waals surface area contributed by atoms with E-state index in [9.17, 15) is 13.6 Å². The fourth-order valence-electron chi connectivity index (χ4n) is 2.60.